The number of aryl methyl sites for hydroxylation is 1. The molecule has 2 aromatic rings. The minimum atomic E-state index is 0.326. The smallest absolute Gasteiger partial charge is 0.208 e. The lowest BCUT2D eigenvalue weighted by molar-refractivity contribution is 0.661. The molecule has 0 aliphatic heterocycles. The summed E-state index contributed by atoms with van der Waals surface area (Å²) in [6.45, 7) is 2.11. The summed E-state index contributed by atoms with van der Waals surface area (Å²) in [4.78, 5) is 1.98. The Balaban J connectivity index is 1.98. The zero-order valence-electron chi connectivity index (χ0n) is 12.3. The van der Waals surface area contributed by atoms with Crippen molar-refractivity contribution >= 4 is 28.2 Å². The maximum atomic E-state index is 4.21. The van der Waals surface area contributed by atoms with Crippen LogP contribution in [0.1, 0.15) is 17.2 Å². The minimum Gasteiger partial charge on any atom is -0.353 e. The van der Waals surface area contributed by atoms with Gasteiger partial charge in [-0.2, -0.15) is 0 Å². The lowest BCUT2D eigenvalue weighted by Gasteiger charge is -2.15. The molecular formula is C14H20N4S2. The number of anilines is 1. The first-order chi connectivity index (χ1) is 9.60. The third-order valence-electron chi connectivity index (χ3n) is 2.98. The Labute approximate surface area is 128 Å². The Morgan fingerprint density at radius 2 is 1.95 bits per heavy atom. The largest absolute Gasteiger partial charge is 0.353 e. The number of benzene rings is 1. The van der Waals surface area contributed by atoms with Crippen molar-refractivity contribution in [2.45, 2.75) is 17.3 Å². The van der Waals surface area contributed by atoms with Gasteiger partial charge in [0.1, 0.15) is 0 Å². The Kier molecular flexibility index (Phi) is 5.39. The van der Waals surface area contributed by atoms with Gasteiger partial charge >= 0.3 is 0 Å². The summed E-state index contributed by atoms with van der Waals surface area (Å²) in [6, 6.07) is 9.00. The van der Waals surface area contributed by atoms with Gasteiger partial charge in [-0.05, 0) is 19.5 Å². The molecule has 4 nitrogen and oxygen atoms in total. The standard InChI is InChI=1S/C14H20N4S2/c1-10-5-7-11(8-6-10)12(15-2)9-19-14-17-16-13(20-14)18(3)4/h5-8,12,15H,9H2,1-4H3. The van der Waals surface area contributed by atoms with Crippen LogP contribution in [-0.2, 0) is 0 Å². The third kappa shape index (κ3) is 3.94. The van der Waals surface area contributed by atoms with Crippen LogP contribution >= 0.6 is 23.1 Å². The van der Waals surface area contributed by atoms with Gasteiger partial charge < -0.3 is 10.2 Å². The normalized spacial score (nSPS) is 12.4. The second kappa shape index (κ2) is 7.06. The van der Waals surface area contributed by atoms with Crippen LogP contribution in [0, 0.1) is 6.92 Å². The van der Waals surface area contributed by atoms with Crippen molar-refractivity contribution in [3.63, 3.8) is 0 Å². The summed E-state index contributed by atoms with van der Waals surface area (Å²) in [5, 5.41) is 12.7. The molecule has 108 valence electrons. The molecule has 20 heavy (non-hydrogen) atoms. The van der Waals surface area contributed by atoms with Gasteiger partial charge in [-0.15, -0.1) is 10.2 Å². The first kappa shape index (κ1) is 15.3. The van der Waals surface area contributed by atoms with Gasteiger partial charge in [-0.1, -0.05) is 52.9 Å². The molecular weight excluding hydrogens is 288 g/mol. The van der Waals surface area contributed by atoms with E-state index in [2.05, 4.69) is 46.7 Å². The van der Waals surface area contributed by atoms with Crippen molar-refractivity contribution in [1.29, 1.82) is 0 Å². The number of thioether (sulfide) groups is 1. The molecule has 0 saturated heterocycles. The van der Waals surface area contributed by atoms with Gasteiger partial charge in [0.2, 0.25) is 5.13 Å². The Morgan fingerprint density at radius 1 is 1.25 bits per heavy atom. The molecule has 1 aromatic carbocycles. The van der Waals surface area contributed by atoms with E-state index in [0.29, 0.717) is 6.04 Å². The molecule has 1 N–H and O–H groups in total. The highest BCUT2D eigenvalue weighted by atomic mass is 32.2. The number of rotatable bonds is 6. The molecule has 1 atom stereocenters. The predicted molar refractivity (Wildman–Crippen MR) is 87.9 cm³/mol. The van der Waals surface area contributed by atoms with Crippen LogP contribution in [0.2, 0.25) is 0 Å². The predicted octanol–water partition coefficient (Wildman–Crippen LogP) is 2.97. The second-order valence-corrected chi connectivity index (χ2v) is 7.03. The Morgan fingerprint density at radius 3 is 2.50 bits per heavy atom. The number of hydrogen-bond donors (Lipinski definition) is 1. The molecule has 0 amide bonds. The van der Waals surface area contributed by atoms with E-state index in [1.165, 1.54) is 11.1 Å². The molecule has 0 saturated carbocycles. The SMILES string of the molecule is CNC(CSc1nnc(N(C)C)s1)c1ccc(C)cc1. The number of nitrogens with zero attached hydrogens (tertiary/aromatic N) is 3. The average molecular weight is 308 g/mol. The topological polar surface area (TPSA) is 41.1 Å². The maximum Gasteiger partial charge on any atom is 0.208 e. The second-order valence-electron chi connectivity index (χ2n) is 4.81. The highest BCUT2D eigenvalue weighted by Crippen LogP contribution is 2.30. The average Bonchev–Trinajstić information content (AvgIpc) is 2.90. The molecule has 0 spiro atoms. The van der Waals surface area contributed by atoms with Gasteiger partial charge in [-0.3, -0.25) is 0 Å². The van der Waals surface area contributed by atoms with Crippen LogP contribution in [0.3, 0.4) is 0 Å². The fraction of sp³-hybridized carbons (Fsp3) is 0.429. The first-order valence-corrected chi connectivity index (χ1v) is 8.28. The number of hydrogen-bond acceptors (Lipinski definition) is 6. The molecule has 0 aliphatic carbocycles. The fourth-order valence-corrected chi connectivity index (χ4v) is 3.67. The first-order valence-electron chi connectivity index (χ1n) is 6.47. The summed E-state index contributed by atoms with van der Waals surface area (Å²) in [6.07, 6.45) is 0. The van der Waals surface area contributed by atoms with Crippen molar-refractivity contribution in [1.82, 2.24) is 15.5 Å². The monoisotopic (exact) mass is 308 g/mol. The summed E-state index contributed by atoms with van der Waals surface area (Å²) < 4.78 is 1.01. The zero-order chi connectivity index (χ0) is 14.5. The van der Waals surface area contributed by atoms with Gasteiger partial charge in [0.15, 0.2) is 4.34 Å². The molecule has 0 fully saturated rings. The summed E-state index contributed by atoms with van der Waals surface area (Å²) >= 11 is 3.38. The maximum absolute atomic E-state index is 4.21. The van der Waals surface area contributed by atoms with Crippen molar-refractivity contribution in [2.24, 2.45) is 0 Å². The van der Waals surface area contributed by atoms with E-state index >= 15 is 0 Å². The Hall–Kier alpha value is -1.11. The van der Waals surface area contributed by atoms with Crippen molar-refractivity contribution in [2.75, 3.05) is 31.8 Å². The zero-order valence-corrected chi connectivity index (χ0v) is 13.9. The molecule has 0 radical (unpaired) electrons. The molecule has 2 rings (SSSR count). The Bertz CT molecular complexity index is 536. The van der Waals surface area contributed by atoms with Crippen LogP contribution in [0.5, 0.6) is 0 Å². The number of nitrogens with one attached hydrogen (secondary N) is 1. The van der Waals surface area contributed by atoms with E-state index in [4.69, 9.17) is 0 Å². The van der Waals surface area contributed by atoms with E-state index in [0.717, 1.165) is 15.2 Å². The molecule has 1 unspecified atom stereocenters. The lowest BCUT2D eigenvalue weighted by atomic mass is 10.1. The van der Waals surface area contributed by atoms with E-state index in [1.54, 1.807) is 23.1 Å². The van der Waals surface area contributed by atoms with Gasteiger partial charge in [-0.25, -0.2) is 0 Å². The van der Waals surface area contributed by atoms with Crippen LogP contribution in [0.15, 0.2) is 28.6 Å². The van der Waals surface area contributed by atoms with E-state index in [9.17, 15) is 0 Å². The molecule has 1 heterocycles. The summed E-state index contributed by atoms with van der Waals surface area (Å²) in [5.41, 5.74) is 2.60. The molecule has 0 aliphatic rings. The third-order valence-corrected chi connectivity index (χ3v) is 5.30. The van der Waals surface area contributed by atoms with Crippen LogP contribution in [0.25, 0.3) is 0 Å². The molecule has 1 aromatic heterocycles. The fourth-order valence-electron chi connectivity index (χ4n) is 1.74. The minimum absolute atomic E-state index is 0.326. The van der Waals surface area contributed by atoms with Gasteiger partial charge in [0.25, 0.3) is 0 Å². The number of aromatic nitrogens is 2. The summed E-state index contributed by atoms with van der Waals surface area (Å²) in [5.74, 6) is 0.946. The van der Waals surface area contributed by atoms with Crippen LogP contribution < -0.4 is 10.2 Å². The summed E-state index contributed by atoms with van der Waals surface area (Å²) in [7, 11) is 5.96. The van der Waals surface area contributed by atoms with Crippen molar-refractivity contribution in [3.05, 3.63) is 35.4 Å². The van der Waals surface area contributed by atoms with E-state index in [1.807, 2.05) is 26.0 Å². The van der Waals surface area contributed by atoms with E-state index < -0.39 is 0 Å². The van der Waals surface area contributed by atoms with E-state index in [-0.39, 0.29) is 0 Å². The van der Waals surface area contributed by atoms with Crippen molar-refractivity contribution < 1.29 is 0 Å². The van der Waals surface area contributed by atoms with Crippen molar-refractivity contribution in [3.8, 4) is 0 Å². The van der Waals surface area contributed by atoms with Crippen LogP contribution in [-0.4, -0.2) is 37.1 Å². The highest BCUT2D eigenvalue weighted by molar-refractivity contribution is 8.01. The quantitative estimate of drug-likeness (QED) is 0.831. The molecule has 6 heteroatoms. The van der Waals surface area contributed by atoms with Gasteiger partial charge in [0, 0.05) is 25.9 Å². The highest BCUT2D eigenvalue weighted by Gasteiger charge is 2.12. The molecule has 0 bridgehead atoms. The van der Waals surface area contributed by atoms with Crippen LogP contribution in [0.4, 0.5) is 5.13 Å². The van der Waals surface area contributed by atoms with Gasteiger partial charge in [0.05, 0.1) is 0 Å². The lowest BCUT2D eigenvalue weighted by Crippen LogP contribution is -2.18.